The topological polar surface area (TPSA) is 67.9 Å². The summed E-state index contributed by atoms with van der Waals surface area (Å²) in [7, 11) is 1.58. The van der Waals surface area contributed by atoms with Gasteiger partial charge in [-0.3, -0.25) is 9.59 Å². The maximum Gasteiger partial charge on any atom is 0.254 e. The van der Waals surface area contributed by atoms with Gasteiger partial charge in [-0.2, -0.15) is 0 Å². The summed E-state index contributed by atoms with van der Waals surface area (Å²) in [5.74, 6) is 1.61. The first kappa shape index (κ1) is 22.1. The summed E-state index contributed by atoms with van der Waals surface area (Å²) in [6.07, 6.45) is 3.53. The number of hydrogen-bond donors (Lipinski definition) is 1. The van der Waals surface area contributed by atoms with Crippen molar-refractivity contribution >= 4 is 11.8 Å². The van der Waals surface area contributed by atoms with E-state index < -0.39 is 0 Å². The van der Waals surface area contributed by atoms with Crippen molar-refractivity contribution in [3.05, 3.63) is 23.8 Å². The highest BCUT2D eigenvalue weighted by atomic mass is 16.5. The lowest BCUT2D eigenvalue weighted by Crippen LogP contribution is -2.45. The predicted molar refractivity (Wildman–Crippen MR) is 110 cm³/mol. The maximum atomic E-state index is 13.0. The van der Waals surface area contributed by atoms with E-state index in [0.29, 0.717) is 49.2 Å². The summed E-state index contributed by atoms with van der Waals surface area (Å²) in [6, 6.07) is 5.30. The van der Waals surface area contributed by atoms with E-state index in [2.05, 4.69) is 19.2 Å². The van der Waals surface area contributed by atoms with Gasteiger partial charge in [-0.15, -0.1) is 0 Å². The average Bonchev–Trinajstić information content (AvgIpc) is 2.71. The van der Waals surface area contributed by atoms with Crippen LogP contribution in [0, 0.1) is 11.8 Å². The van der Waals surface area contributed by atoms with Crippen LogP contribution >= 0.6 is 0 Å². The Morgan fingerprint density at radius 1 is 1.29 bits per heavy atom. The van der Waals surface area contributed by atoms with Crippen LogP contribution in [0.1, 0.15) is 56.8 Å². The zero-order valence-electron chi connectivity index (χ0n) is 17.6. The summed E-state index contributed by atoms with van der Waals surface area (Å²) in [5.41, 5.74) is 0.558. The van der Waals surface area contributed by atoms with Gasteiger partial charge in [0.25, 0.3) is 5.91 Å². The number of methoxy groups -OCH3 is 1. The van der Waals surface area contributed by atoms with Crippen LogP contribution in [0.5, 0.6) is 11.5 Å². The molecule has 1 aromatic rings. The van der Waals surface area contributed by atoms with Gasteiger partial charge >= 0.3 is 0 Å². The Bertz CT molecular complexity index is 660. The Morgan fingerprint density at radius 2 is 2.07 bits per heavy atom. The van der Waals surface area contributed by atoms with E-state index in [1.165, 1.54) is 0 Å². The zero-order valence-corrected chi connectivity index (χ0v) is 17.6. The lowest BCUT2D eigenvalue weighted by molar-refractivity contribution is -0.126. The Hall–Kier alpha value is -2.24. The lowest BCUT2D eigenvalue weighted by Gasteiger charge is -2.32. The number of amides is 2. The third-order valence-electron chi connectivity index (χ3n) is 4.99. The molecule has 0 bridgehead atoms. The Morgan fingerprint density at radius 3 is 2.75 bits per heavy atom. The van der Waals surface area contributed by atoms with Crippen LogP contribution in [-0.4, -0.2) is 50.1 Å². The summed E-state index contributed by atoms with van der Waals surface area (Å²) in [4.78, 5) is 27.0. The average molecular weight is 391 g/mol. The molecule has 1 N–H and O–H groups in total. The molecule has 28 heavy (non-hydrogen) atoms. The number of likely N-dealkylation sites (tertiary alicyclic amines) is 1. The molecule has 2 amide bonds. The highest BCUT2D eigenvalue weighted by molar-refractivity contribution is 5.95. The van der Waals surface area contributed by atoms with E-state index in [9.17, 15) is 9.59 Å². The summed E-state index contributed by atoms with van der Waals surface area (Å²) >= 11 is 0. The molecule has 1 aliphatic heterocycles. The van der Waals surface area contributed by atoms with Crippen molar-refractivity contribution in [1.29, 1.82) is 0 Å². The van der Waals surface area contributed by atoms with E-state index in [1.54, 1.807) is 30.2 Å². The van der Waals surface area contributed by atoms with Crippen LogP contribution in [0.15, 0.2) is 18.2 Å². The van der Waals surface area contributed by atoms with E-state index in [0.717, 1.165) is 25.7 Å². The molecule has 1 aliphatic rings. The molecule has 6 nitrogen and oxygen atoms in total. The van der Waals surface area contributed by atoms with Gasteiger partial charge in [0.2, 0.25) is 5.91 Å². The molecular formula is C22H34N2O4. The fraction of sp³-hybridized carbons (Fsp3) is 0.636. The van der Waals surface area contributed by atoms with Gasteiger partial charge in [-0.25, -0.2) is 0 Å². The van der Waals surface area contributed by atoms with E-state index in [1.807, 2.05) is 6.92 Å². The smallest absolute Gasteiger partial charge is 0.254 e. The fourth-order valence-electron chi connectivity index (χ4n) is 3.28. The second-order valence-electron chi connectivity index (χ2n) is 7.78. The normalized spacial score (nSPS) is 16.8. The predicted octanol–water partition coefficient (Wildman–Crippen LogP) is 3.50. The molecule has 1 unspecified atom stereocenters. The number of ether oxygens (including phenoxy) is 2. The highest BCUT2D eigenvalue weighted by Crippen LogP contribution is 2.29. The van der Waals surface area contributed by atoms with Crippen molar-refractivity contribution in [2.75, 3.05) is 33.4 Å². The number of carbonyl (C=O) groups is 2. The second kappa shape index (κ2) is 10.9. The van der Waals surface area contributed by atoms with Crippen LogP contribution in [0.3, 0.4) is 0 Å². The minimum Gasteiger partial charge on any atom is -0.493 e. The largest absolute Gasteiger partial charge is 0.493 e. The second-order valence-corrected chi connectivity index (χ2v) is 7.78. The van der Waals surface area contributed by atoms with E-state index >= 15 is 0 Å². The number of piperidine rings is 1. The van der Waals surface area contributed by atoms with Gasteiger partial charge in [0.05, 0.1) is 19.6 Å². The zero-order chi connectivity index (χ0) is 20.5. The molecule has 1 aromatic carbocycles. The Balaban J connectivity index is 2.03. The molecular weight excluding hydrogens is 356 g/mol. The Labute approximate surface area is 168 Å². The Kier molecular flexibility index (Phi) is 8.61. The van der Waals surface area contributed by atoms with Crippen LogP contribution in [0.4, 0.5) is 0 Å². The third kappa shape index (κ3) is 6.14. The van der Waals surface area contributed by atoms with E-state index in [-0.39, 0.29) is 17.7 Å². The van der Waals surface area contributed by atoms with Crippen LogP contribution in [0.2, 0.25) is 0 Å². The molecule has 2 rings (SSSR count). The maximum absolute atomic E-state index is 13.0. The van der Waals surface area contributed by atoms with Crippen molar-refractivity contribution in [2.24, 2.45) is 11.8 Å². The monoisotopic (exact) mass is 390 g/mol. The summed E-state index contributed by atoms with van der Waals surface area (Å²) in [5, 5.41) is 2.94. The van der Waals surface area contributed by atoms with Gasteiger partial charge in [-0.05, 0) is 49.8 Å². The van der Waals surface area contributed by atoms with Gasteiger partial charge in [0.1, 0.15) is 0 Å². The van der Waals surface area contributed by atoms with Crippen molar-refractivity contribution in [1.82, 2.24) is 10.2 Å². The summed E-state index contributed by atoms with van der Waals surface area (Å²) < 4.78 is 11.2. The molecule has 6 heteroatoms. The highest BCUT2D eigenvalue weighted by Gasteiger charge is 2.29. The molecule has 0 radical (unpaired) electrons. The van der Waals surface area contributed by atoms with Crippen LogP contribution in [0.25, 0.3) is 0 Å². The first-order valence-corrected chi connectivity index (χ1v) is 10.3. The SMILES string of the molecule is CCCNC(=O)C1CCCN(C(=O)c2ccc(OCCC(C)C)c(OC)c2)C1. The number of nitrogens with zero attached hydrogens (tertiary/aromatic N) is 1. The number of rotatable bonds is 9. The molecule has 0 spiro atoms. The quantitative estimate of drug-likeness (QED) is 0.701. The van der Waals surface area contributed by atoms with Crippen molar-refractivity contribution < 1.29 is 19.1 Å². The van der Waals surface area contributed by atoms with Crippen LogP contribution < -0.4 is 14.8 Å². The molecule has 156 valence electrons. The van der Waals surface area contributed by atoms with Crippen molar-refractivity contribution in [3.63, 3.8) is 0 Å². The fourth-order valence-corrected chi connectivity index (χ4v) is 3.28. The van der Waals surface area contributed by atoms with Gasteiger partial charge < -0.3 is 19.7 Å². The van der Waals surface area contributed by atoms with E-state index in [4.69, 9.17) is 9.47 Å². The van der Waals surface area contributed by atoms with Gasteiger partial charge in [0.15, 0.2) is 11.5 Å². The number of carbonyl (C=O) groups excluding carboxylic acids is 2. The molecule has 0 saturated carbocycles. The molecule has 0 aromatic heterocycles. The molecule has 1 fully saturated rings. The third-order valence-corrected chi connectivity index (χ3v) is 4.99. The molecule has 1 heterocycles. The van der Waals surface area contributed by atoms with Gasteiger partial charge in [0, 0.05) is 25.2 Å². The number of hydrogen-bond acceptors (Lipinski definition) is 4. The van der Waals surface area contributed by atoms with Gasteiger partial charge in [-0.1, -0.05) is 20.8 Å². The first-order chi connectivity index (χ1) is 13.5. The van der Waals surface area contributed by atoms with Crippen molar-refractivity contribution in [2.45, 2.75) is 46.5 Å². The minimum atomic E-state index is -0.134. The molecule has 1 atom stereocenters. The molecule has 0 aliphatic carbocycles. The minimum absolute atomic E-state index is 0.0471. The molecule has 1 saturated heterocycles. The lowest BCUT2D eigenvalue weighted by atomic mass is 9.96. The standard InChI is InChI=1S/C22H34N2O4/c1-5-11-23-21(25)18-7-6-12-24(15-18)22(26)17-8-9-19(20(14-17)27-4)28-13-10-16(2)3/h8-9,14,16,18H,5-7,10-13,15H2,1-4H3,(H,23,25). The number of nitrogens with one attached hydrogen (secondary N) is 1. The van der Waals surface area contributed by atoms with Crippen LogP contribution in [-0.2, 0) is 4.79 Å². The van der Waals surface area contributed by atoms with Crippen molar-refractivity contribution in [3.8, 4) is 11.5 Å². The first-order valence-electron chi connectivity index (χ1n) is 10.3. The summed E-state index contributed by atoms with van der Waals surface area (Å²) in [6.45, 7) is 8.75. The number of benzene rings is 1.